The maximum atomic E-state index is 13.5. The van der Waals surface area contributed by atoms with Gasteiger partial charge in [-0.15, -0.1) is 0 Å². The van der Waals surface area contributed by atoms with E-state index >= 15 is 0 Å². The lowest BCUT2D eigenvalue weighted by Crippen LogP contribution is -2.51. The molecular weight excluding hydrogens is 554 g/mol. The fourth-order valence-electron chi connectivity index (χ4n) is 10.7. The zero-order chi connectivity index (χ0) is 33.4. The van der Waals surface area contributed by atoms with Gasteiger partial charge in [-0.3, -0.25) is 0 Å². The minimum atomic E-state index is -0.327. The van der Waals surface area contributed by atoms with Crippen molar-refractivity contribution < 1.29 is 9.53 Å². The first kappa shape index (κ1) is 36.8. The summed E-state index contributed by atoms with van der Waals surface area (Å²) < 4.78 is 6.27. The second-order valence-electron chi connectivity index (χ2n) is 18.7. The molecule has 4 aliphatic carbocycles. The third-order valence-electron chi connectivity index (χ3n) is 13.9. The van der Waals surface area contributed by atoms with Gasteiger partial charge in [-0.2, -0.15) is 0 Å². The highest BCUT2D eigenvalue weighted by Crippen LogP contribution is 2.67. The van der Waals surface area contributed by atoms with Crippen LogP contribution in [0.15, 0.2) is 11.6 Å². The molecule has 0 aromatic carbocycles. The zero-order valence-electron chi connectivity index (χ0n) is 31.2. The molecular formula is C40H73N3O2. The molecule has 0 radical (unpaired) electrons. The van der Waals surface area contributed by atoms with Crippen LogP contribution in [0.25, 0.3) is 0 Å². The molecule has 5 heteroatoms. The normalized spacial score (nSPS) is 34.8. The van der Waals surface area contributed by atoms with Gasteiger partial charge in [0, 0.05) is 30.6 Å². The van der Waals surface area contributed by atoms with Crippen LogP contribution in [0.5, 0.6) is 0 Å². The average Bonchev–Trinajstić information content (AvgIpc) is 3.29. The van der Waals surface area contributed by atoms with Gasteiger partial charge in [-0.1, -0.05) is 66.0 Å². The number of carbonyl (C=O) groups is 1. The fraction of sp³-hybridized carbons (Fsp3) is 0.925. The van der Waals surface area contributed by atoms with E-state index in [2.05, 4.69) is 47.6 Å². The maximum Gasteiger partial charge on any atom is 0.410 e. The van der Waals surface area contributed by atoms with E-state index < -0.39 is 0 Å². The van der Waals surface area contributed by atoms with Crippen LogP contribution in [-0.2, 0) is 4.74 Å². The number of nitrogens with two attached hydrogens (primary N) is 2. The number of carbonyl (C=O) groups excluding carboxylic acids is 1. The molecule has 3 saturated carbocycles. The van der Waals surface area contributed by atoms with E-state index in [1.54, 1.807) is 5.57 Å². The maximum absolute atomic E-state index is 13.5. The number of fused-ring (bicyclic) bond motifs is 5. The molecule has 0 aliphatic heterocycles. The van der Waals surface area contributed by atoms with E-state index in [1.165, 1.54) is 51.4 Å². The molecule has 0 aromatic heterocycles. The van der Waals surface area contributed by atoms with Gasteiger partial charge in [0.05, 0.1) is 0 Å². The number of amides is 1. The molecule has 0 saturated heterocycles. The Labute approximate surface area is 278 Å². The number of hydrogen-bond donors (Lipinski definition) is 2. The van der Waals surface area contributed by atoms with Crippen LogP contribution >= 0.6 is 0 Å². The van der Waals surface area contributed by atoms with Crippen LogP contribution in [0.3, 0.4) is 0 Å². The van der Waals surface area contributed by atoms with Gasteiger partial charge >= 0.3 is 6.09 Å². The van der Waals surface area contributed by atoms with Crippen molar-refractivity contribution in [1.29, 1.82) is 0 Å². The minimum Gasteiger partial charge on any atom is -0.446 e. The lowest BCUT2D eigenvalue weighted by Gasteiger charge is -2.58. The van der Waals surface area contributed by atoms with Gasteiger partial charge < -0.3 is 21.1 Å². The first-order valence-electron chi connectivity index (χ1n) is 19.1. The van der Waals surface area contributed by atoms with Gasteiger partial charge in [-0.05, 0) is 144 Å². The quantitative estimate of drug-likeness (QED) is 0.199. The minimum absolute atomic E-state index is 0.0315. The first-order chi connectivity index (χ1) is 20.9. The molecule has 0 bridgehead atoms. The first-order valence-corrected chi connectivity index (χ1v) is 19.1. The monoisotopic (exact) mass is 628 g/mol. The summed E-state index contributed by atoms with van der Waals surface area (Å²) in [5, 5.41) is 0. The number of allylic oxidation sites excluding steroid dienone is 1. The second-order valence-corrected chi connectivity index (χ2v) is 18.7. The molecule has 5 nitrogen and oxygen atoms in total. The van der Waals surface area contributed by atoms with Crippen molar-refractivity contribution in [3.63, 3.8) is 0 Å². The Morgan fingerprint density at radius 1 is 0.956 bits per heavy atom. The highest BCUT2D eigenvalue weighted by Gasteiger charge is 2.59. The average molecular weight is 628 g/mol. The van der Waals surface area contributed by atoms with Crippen molar-refractivity contribution in [1.82, 2.24) is 4.90 Å². The van der Waals surface area contributed by atoms with E-state index in [0.717, 1.165) is 73.5 Å². The van der Waals surface area contributed by atoms with Crippen molar-refractivity contribution >= 4 is 6.09 Å². The van der Waals surface area contributed by atoms with Crippen LogP contribution in [0.4, 0.5) is 4.79 Å². The van der Waals surface area contributed by atoms with Crippen molar-refractivity contribution in [2.75, 3.05) is 13.1 Å². The largest absolute Gasteiger partial charge is 0.446 e. The smallest absolute Gasteiger partial charge is 0.410 e. The summed E-state index contributed by atoms with van der Waals surface area (Å²) in [7, 11) is 0. The SMILES string of the molecule is CC[C@H](CC[C@@H](C)C1CCC2C3CC=C4CC(OC(=O)N(CCC(C)(C)N)CCC(C)(C)N)CCC4(C)C3CCC21C)C(C)C. The van der Waals surface area contributed by atoms with E-state index in [-0.39, 0.29) is 28.7 Å². The molecule has 0 spiro atoms. The van der Waals surface area contributed by atoms with Crippen LogP contribution in [0.2, 0.25) is 0 Å². The molecule has 4 rings (SSSR count). The van der Waals surface area contributed by atoms with Crippen molar-refractivity contribution in [2.24, 2.45) is 63.7 Å². The summed E-state index contributed by atoms with van der Waals surface area (Å²) in [5.41, 5.74) is 14.3. The predicted molar refractivity (Wildman–Crippen MR) is 190 cm³/mol. The molecule has 1 amide bonds. The van der Waals surface area contributed by atoms with Crippen molar-refractivity contribution in [3.8, 4) is 0 Å². The number of hydrogen-bond acceptors (Lipinski definition) is 4. The summed E-state index contributed by atoms with van der Waals surface area (Å²) in [5.74, 6) is 5.88. The van der Waals surface area contributed by atoms with Crippen LogP contribution in [-0.4, -0.2) is 41.3 Å². The third-order valence-corrected chi connectivity index (χ3v) is 13.9. The Morgan fingerprint density at radius 2 is 1.60 bits per heavy atom. The molecule has 0 aromatic rings. The predicted octanol–water partition coefficient (Wildman–Crippen LogP) is 9.73. The van der Waals surface area contributed by atoms with Gasteiger partial charge in [-0.25, -0.2) is 4.79 Å². The van der Waals surface area contributed by atoms with Crippen LogP contribution in [0, 0.1) is 52.3 Å². The van der Waals surface area contributed by atoms with E-state index in [1.807, 2.05) is 32.6 Å². The molecule has 260 valence electrons. The molecule has 4 N–H and O–H groups in total. The van der Waals surface area contributed by atoms with Gasteiger partial charge in [0.25, 0.3) is 0 Å². The topological polar surface area (TPSA) is 81.6 Å². The van der Waals surface area contributed by atoms with Crippen LogP contribution in [0.1, 0.15) is 153 Å². The summed E-state index contributed by atoms with van der Waals surface area (Å²) in [6.07, 6.45) is 17.9. The fourth-order valence-corrected chi connectivity index (χ4v) is 10.7. The Hall–Kier alpha value is -1.07. The number of rotatable bonds is 13. The lowest BCUT2D eigenvalue weighted by molar-refractivity contribution is -0.0596. The lowest BCUT2D eigenvalue weighted by atomic mass is 9.47. The van der Waals surface area contributed by atoms with E-state index in [9.17, 15) is 4.79 Å². The Bertz CT molecular complexity index is 1010. The molecule has 0 heterocycles. The summed E-state index contributed by atoms with van der Waals surface area (Å²) in [6.45, 7) is 24.4. The summed E-state index contributed by atoms with van der Waals surface area (Å²) in [6, 6.07) is 0. The number of nitrogens with zero attached hydrogens (tertiary/aromatic N) is 1. The second kappa shape index (κ2) is 14.2. The molecule has 45 heavy (non-hydrogen) atoms. The number of ether oxygens (including phenoxy) is 1. The third kappa shape index (κ3) is 8.51. The summed E-state index contributed by atoms with van der Waals surface area (Å²) >= 11 is 0. The van der Waals surface area contributed by atoms with Gasteiger partial charge in [0.2, 0.25) is 0 Å². The Balaban J connectivity index is 1.40. The van der Waals surface area contributed by atoms with E-state index in [4.69, 9.17) is 16.2 Å². The molecule has 9 atom stereocenters. The van der Waals surface area contributed by atoms with Crippen LogP contribution < -0.4 is 11.5 Å². The highest BCUT2D eigenvalue weighted by atomic mass is 16.6. The Kier molecular flexibility index (Phi) is 11.6. The molecule has 7 unspecified atom stereocenters. The van der Waals surface area contributed by atoms with E-state index in [0.29, 0.717) is 18.5 Å². The molecule has 3 fully saturated rings. The highest BCUT2D eigenvalue weighted by molar-refractivity contribution is 5.68. The molecule has 4 aliphatic rings. The Morgan fingerprint density at radius 3 is 2.18 bits per heavy atom. The van der Waals surface area contributed by atoms with Gasteiger partial charge in [0.15, 0.2) is 0 Å². The van der Waals surface area contributed by atoms with Crippen molar-refractivity contribution in [2.45, 2.75) is 170 Å². The van der Waals surface area contributed by atoms with Crippen molar-refractivity contribution in [3.05, 3.63) is 11.6 Å². The summed E-state index contributed by atoms with van der Waals surface area (Å²) in [4.78, 5) is 15.3. The standard InChI is InChI=1S/C40H73N3O2/c1-11-29(27(2)3)13-12-28(4)33-16-17-34-32-15-14-30-26-31(18-20-39(30,9)35(32)19-21-40(33,34)10)45-36(44)43(24-22-37(5,6)41)25-23-38(7,8)42/h14,27-29,31-35H,11-13,15-26,41-42H2,1-10H3/t28-,29-,31?,32?,33?,34?,35?,39?,40?/m1/s1. The zero-order valence-corrected chi connectivity index (χ0v) is 31.2. The van der Waals surface area contributed by atoms with Gasteiger partial charge in [0.1, 0.15) is 6.10 Å².